The maximum atomic E-state index is 12.0. The molecule has 0 spiro atoms. The molecule has 2 N–H and O–H groups in total. The number of nitrogens with one attached hydrogen (secondary N) is 2. The highest BCUT2D eigenvalue weighted by Crippen LogP contribution is 2.11. The van der Waals surface area contributed by atoms with Crippen molar-refractivity contribution in [2.45, 2.75) is 45.1 Å². The van der Waals surface area contributed by atoms with Crippen molar-refractivity contribution in [1.82, 2.24) is 15.5 Å². The highest BCUT2D eigenvalue weighted by molar-refractivity contribution is 6.30. The minimum Gasteiger partial charge on any atom is -0.353 e. The Morgan fingerprint density at radius 2 is 1.88 bits per heavy atom. The Labute approximate surface area is 155 Å². The van der Waals surface area contributed by atoms with Crippen LogP contribution in [0.2, 0.25) is 5.02 Å². The van der Waals surface area contributed by atoms with Gasteiger partial charge in [0.25, 0.3) is 5.91 Å². The monoisotopic (exact) mass is 365 g/mol. The zero-order chi connectivity index (χ0) is 18.1. The lowest BCUT2D eigenvalue weighted by Crippen LogP contribution is -2.44. The van der Waals surface area contributed by atoms with Gasteiger partial charge in [-0.25, -0.2) is 0 Å². The first-order valence-electron chi connectivity index (χ1n) is 9.14. The summed E-state index contributed by atoms with van der Waals surface area (Å²) in [4.78, 5) is 26.4. The molecule has 0 radical (unpaired) electrons. The number of rotatable bonds is 8. The lowest BCUT2D eigenvalue weighted by molar-refractivity contribution is -0.122. The summed E-state index contributed by atoms with van der Waals surface area (Å²) >= 11 is 5.80. The molecule has 0 aliphatic carbocycles. The van der Waals surface area contributed by atoms with E-state index >= 15 is 0 Å². The topological polar surface area (TPSA) is 61.4 Å². The Kier molecular flexibility index (Phi) is 8.22. The fourth-order valence-corrected chi connectivity index (χ4v) is 3.20. The molecule has 0 atom stereocenters. The lowest BCUT2D eigenvalue weighted by atomic mass is 10.0. The van der Waals surface area contributed by atoms with Crippen LogP contribution in [0.5, 0.6) is 0 Å². The number of nitrogens with zero attached hydrogens (tertiary/aromatic N) is 1. The molecule has 1 aromatic carbocycles. The van der Waals surface area contributed by atoms with E-state index in [9.17, 15) is 9.59 Å². The summed E-state index contributed by atoms with van der Waals surface area (Å²) in [6.45, 7) is 5.96. The summed E-state index contributed by atoms with van der Waals surface area (Å²) in [5.41, 5.74) is 0.577. The van der Waals surface area contributed by atoms with Crippen molar-refractivity contribution in [3.63, 3.8) is 0 Å². The highest BCUT2D eigenvalue weighted by atomic mass is 35.5. The minimum absolute atomic E-state index is 0.0784. The number of hydrogen-bond acceptors (Lipinski definition) is 3. The molecule has 0 aromatic heterocycles. The third kappa shape index (κ3) is 7.04. The molecule has 1 saturated heterocycles. The third-order valence-corrected chi connectivity index (χ3v) is 4.72. The zero-order valence-corrected chi connectivity index (χ0v) is 15.6. The van der Waals surface area contributed by atoms with E-state index < -0.39 is 0 Å². The molecular formula is C19H28ClN3O2. The van der Waals surface area contributed by atoms with Crippen LogP contribution in [0, 0.1) is 0 Å². The fraction of sp³-hybridized carbons (Fsp3) is 0.579. The first kappa shape index (κ1) is 19.7. The second-order valence-electron chi connectivity index (χ2n) is 6.55. The predicted octanol–water partition coefficient (Wildman–Crippen LogP) is 2.84. The molecule has 1 heterocycles. The molecule has 0 bridgehead atoms. The molecular weight excluding hydrogens is 338 g/mol. The van der Waals surface area contributed by atoms with Gasteiger partial charge in [-0.3, -0.25) is 9.59 Å². The number of benzene rings is 1. The third-order valence-electron chi connectivity index (χ3n) is 4.47. The van der Waals surface area contributed by atoms with Crippen molar-refractivity contribution in [3.8, 4) is 0 Å². The fourth-order valence-electron chi connectivity index (χ4n) is 3.07. The van der Waals surface area contributed by atoms with Gasteiger partial charge in [0.05, 0.1) is 0 Å². The molecule has 138 valence electrons. The van der Waals surface area contributed by atoms with Crippen molar-refractivity contribution in [1.29, 1.82) is 0 Å². The predicted molar refractivity (Wildman–Crippen MR) is 101 cm³/mol. The van der Waals surface area contributed by atoms with Gasteiger partial charge in [-0.05, 0) is 56.5 Å². The van der Waals surface area contributed by atoms with E-state index in [1.807, 2.05) is 0 Å². The van der Waals surface area contributed by atoms with Crippen LogP contribution < -0.4 is 10.6 Å². The standard InChI is InChI=1S/C19H28ClN3O2/c1-2-12-23-13-9-17(10-14-23)22-18(24)4-3-11-21-19(25)15-5-7-16(20)8-6-15/h5-8,17H,2-4,9-14H2,1H3,(H,21,25)(H,22,24). The van der Waals surface area contributed by atoms with Crippen LogP contribution in [-0.2, 0) is 4.79 Å². The summed E-state index contributed by atoms with van der Waals surface area (Å²) in [6, 6.07) is 7.06. The van der Waals surface area contributed by atoms with Gasteiger partial charge in [0.15, 0.2) is 0 Å². The highest BCUT2D eigenvalue weighted by Gasteiger charge is 2.19. The second-order valence-corrected chi connectivity index (χ2v) is 6.99. The molecule has 2 amide bonds. The number of likely N-dealkylation sites (tertiary alicyclic amines) is 1. The normalized spacial score (nSPS) is 15.8. The average Bonchev–Trinajstić information content (AvgIpc) is 2.61. The molecule has 1 fully saturated rings. The smallest absolute Gasteiger partial charge is 0.251 e. The first-order chi connectivity index (χ1) is 12.1. The lowest BCUT2D eigenvalue weighted by Gasteiger charge is -2.32. The van der Waals surface area contributed by atoms with Crippen molar-refractivity contribution in [3.05, 3.63) is 34.9 Å². The molecule has 1 aliphatic heterocycles. The molecule has 0 unspecified atom stereocenters. The van der Waals surface area contributed by atoms with Gasteiger partial charge in [0, 0.05) is 42.7 Å². The van der Waals surface area contributed by atoms with Crippen LogP contribution in [0.3, 0.4) is 0 Å². The van der Waals surface area contributed by atoms with E-state index in [0.717, 1.165) is 32.5 Å². The molecule has 5 nitrogen and oxygen atoms in total. The number of hydrogen-bond donors (Lipinski definition) is 2. The largest absolute Gasteiger partial charge is 0.353 e. The van der Waals surface area contributed by atoms with E-state index in [1.165, 1.54) is 6.42 Å². The van der Waals surface area contributed by atoms with Crippen LogP contribution in [0.1, 0.15) is 49.4 Å². The van der Waals surface area contributed by atoms with Crippen molar-refractivity contribution >= 4 is 23.4 Å². The second kappa shape index (κ2) is 10.4. The minimum atomic E-state index is -0.139. The summed E-state index contributed by atoms with van der Waals surface area (Å²) in [7, 11) is 0. The number of halogens is 1. The van der Waals surface area contributed by atoms with Crippen molar-refractivity contribution in [2.75, 3.05) is 26.2 Å². The SMILES string of the molecule is CCCN1CCC(NC(=O)CCCNC(=O)c2ccc(Cl)cc2)CC1. The molecule has 25 heavy (non-hydrogen) atoms. The number of carbonyl (C=O) groups is 2. The van der Waals surface area contributed by atoms with Crippen LogP contribution in [0.25, 0.3) is 0 Å². The van der Waals surface area contributed by atoms with E-state index in [1.54, 1.807) is 24.3 Å². The Balaban J connectivity index is 1.58. The van der Waals surface area contributed by atoms with Crippen LogP contribution in [-0.4, -0.2) is 48.9 Å². The van der Waals surface area contributed by atoms with Crippen LogP contribution in [0.15, 0.2) is 24.3 Å². The van der Waals surface area contributed by atoms with E-state index in [0.29, 0.717) is 36.0 Å². The quantitative estimate of drug-likeness (QED) is 0.696. The summed E-state index contributed by atoms with van der Waals surface area (Å²) < 4.78 is 0. The zero-order valence-electron chi connectivity index (χ0n) is 14.9. The van der Waals surface area contributed by atoms with Gasteiger partial charge < -0.3 is 15.5 Å². The number of amides is 2. The van der Waals surface area contributed by atoms with Gasteiger partial charge in [-0.2, -0.15) is 0 Å². The van der Waals surface area contributed by atoms with E-state index in [4.69, 9.17) is 11.6 Å². The average molecular weight is 366 g/mol. The first-order valence-corrected chi connectivity index (χ1v) is 9.51. The van der Waals surface area contributed by atoms with Crippen molar-refractivity contribution < 1.29 is 9.59 Å². The Morgan fingerprint density at radius 1 is 1.20 bits per heavy atom. The van der Waals surface area contributed by atoms with Crippen LogP contribution in [0.4, 0.5) is 0 Å². The number of carbonyl (C=O) groups excluding carboxylic acids is 2. The summed E-state index contributed by atoms with van der Waals surface area (Å²) in [6.07, 6.45) is 4.31. The van der Waals surface area contributed by atoms with Gasteiger partial charge in [0.1, 0.15) is 0 Å². The van der Waals surface area contributed by atoms with Gasteiger partial charge in [0.2, 0.25) is 5.91 Å². The van der Waals surface area contributed by atoms with Crippen LogP contribution >= 0.6 is 11.6 Å². The molecule has 2 rings (SSSR count). The van der Waals surface area contributed by atoms with Crippen molar-refractivity contribution in [2.24, 2.45) is 0 Å². The van der Waals surface area contributed by atoms with E-state index in [2.05, 4.69) is 22.5 Å². The Bertz CT molecular complexity index is 554. The summed E-state index contributed by atoms with van der Waals surface area (Å²) in [5.74, 6) is -0.0601. The number of piperidine rings is 1. The Morgan fingerprint density at radius 3 is 2.52 bits per heavy atom. The molecule has 1 aliphatic rings. The van der Waals surface area contributed by atoms with Gasteiger partial charge >= 0.3 is 0 Å². The maximum absolute atomic E-state index is 12.0. The molecule has 6 heteroatoms. The maximum Gasteiger partial charge on any atom is 0.251 e. The molecule has 1 aromatic rings. The molecule has 0 saturated carbocycles. The van der Waals surface area contributed by atoms with Gasteiger partial charge in [-0.15, -0.1) is 0 Å². The summed E-state index contributed by atoms with van der Waals surface area (Å²) in [5, 5.41) is 6.55. The van der Waals surface area contributed by atoms with Gasteiger partial charge in [-0.1, -0.05) is 18.5 Å². The Hall–Kier alpha value is -1.59. The van der Waals surface area contributed by atoms with E-state index in [-0.39, 0.29) is 11.8 Å².